The molecule has 2 aromatic carbocycles. The Balaban J connectivity index is 1.75. The van der Waals surface area contributed by atoms with Gasteiger partial charge in [-0.05, 0) is 54.6 Å². The van der Waals surface area contributed by atoms with E-state index in [4.69, 9.17) is 11.6 Å². The van der Waals surface area contributed by atoms with E-state index in [0.29, 0.717) is 10.6 Å². The molecular weight excluding hydrogens is 393 g/mol. The molecule has 0 unspecified atom stereocenters. The number of halogens is 2. The summed E-state index contributed by atoms with van der Waals surface area (Å²) in [5.41, 5.74) is 3.00. The van der Waals surface area contributed by atoms with Crippen LogP contribution in [-0.4, -0.2) is 9.97 Å². The van der Waals surface area contributed by atoms with Crippen molar-refractivity contribution in [3.05, 3.63) is 89.1 Å². The number of fused-ring (bicyclic) bond motifs is 1. The van der Waals surface area contributed by atoms with E-state index < -0.39 is 0 Å². The van der Waals surface area contributed by atoms with Crippen molar-refractivity contribution < 1.29 is 4.39 Å². The molecule has 0 amide bonds. The maximum atomic E-state index is 13.2. The Kier molecular flexibility index (Phi) is 5.16. The molecule has 0 fully saturated rings. The third-order valence-corrected chi connectivity index (χ3v) is 5.54. The highest BCUT2D eigenvalue weighted by Gasteiger charge is 2.11. The van der Waals surface area contributed by atoms with Crippen molar-refractivity contribution in [2.45, 2.75) is 9.79 Å². The average molecular weight is 406 g/mol. The minimum Gasteiger partial charge on any atom is -0.361 e. The number of H-pyrrole nitrogens is 1. The molecule has 0 radical (unpaired) electrons. The molecule has 2 aromatic heterocycles. The fourth-order valence-corrected chi connectivity index (χ4v) is 3.92. The second-order valence-electron chi connectivity index (χ2n) is 6.03. The lowest BCUT2D eigenvalue weighted by molar-refractivity contribution is 0.626. The van der Waals surface area contributed by atoms with Crippen LogP contribution < -0.4 is 0 Å². The Labute approximate surface area is 170 Å². The van der Waals surface area contributed by atoms with Gasteiger partial charge in [-0.15, -0.1) is 0 Å². The maximum Gasteiger partial charge on any atom is 0.123 e. The fraction of sp³-hybridized carbons (Fsp3) is 0. The first-order valence-corrected chi connectivity index (χ1v) is 9.60. The first kappa shape index (κ1) is 18.3. The van der Waals surface area contributed by atoms with Gasteiger partial charge in [0.2, 0.25) is 0 Å². The van der Waals surface area contributed by atoms with Crippen LogP contribution in [0.15, 0.2) is 76.9 Å². The normalized spacial score (nSPS) is 11.5. The van der Waals surface area contributed by atoms with Crippen molar-refractivity contribution >= 4 is 45.9 Å². The maximum absolute atomic E-state index is 13.2. The number of hydrogen-bond donors (Lipinski definition) is 1. The molecule has 4 aromatic rings. The van der Waals surface area contributed by atoms with Gasteiger partial charge in [-0.2, -0.15) is 5.26 Å². The largest absolute Gasteiger partial charge is 0.361 e. The van der Waals surface area contributed by atoms with Crippen molar-refractivity contribution in [3.8, 4) is 6.07 Å². The number of rotatable bonds is 4. The average Bonchev–Trinajstić information content (AvgIpc) is 3.12. The predicted octanol–water partition coefficient (Wildman–Crippen LogP) is 6.57. The Hall–Kier alpha value is -3.07. The Morgan fingerprint density at radius 3 is 2.79 bits per heavy atom. The first-order chi connectivity index (χ1) is 13.6. The molecule has 2 heterocycles. The lowest BCUT2D eigenvalue weighted by Crippen LogP contribution is -1.86. The summed E-state index contributed by atoms with van der Waals surface area (Å²) in [6.45, 7) is 0. The van der Waals surface area contributed by atoms with Gasteiger partial charge in [-0.25, -0.2) is 4.39 Å². The Bertz CT molecular complexity index is 1220. The quantitative estimate of drug-likeness (QED) is 0.390. The molecular formula is C22H13ClFN3S. The van der Waals surface area contributed by atoms with Crippen LogP contribution in [-0.2, 0) is 0 Å². The molecule has 1 N–H and O–H groups in total. The van der Waals surface area contributed by atoms with Gasteiger partial charge in [0.05, 0.1) is 11.6 Å². The monoisotopic (exact) mass is 405 g/mol. The number of allylic oxidation sites excluding steroid dienone is 1. The van der Waals surface area contributed by atoms with Crippen LogP contribution in [0.25, 0.3) is 22.6 Å². The zero-order valence-electron chi connectivity index (χ0n) is 14.5. The second kappa shape index (κ2) is 7.89. The third kappa shape index (κ3) is 3.79. The molecule has 28 heavy (non-hydrogen) atoms. The summed E-state index contributed by atoms with van der Waals surface area (Å²) in [5.74, 6) is -0.274. The zero-order chi connectivity index (χ0) is 19.5. The van der Waals surface area contributed by atoms with E-state index in [1.165, 1.54) is 23.9 Å². The number of aromatic amines is 1. The van der Waals surface area contributed by atoms with E-state index in [1.54, 1.807) is 36.8 Å². The van der Waals surface area contributed by atoms with Gasteiger partial charge in [-0.1, -0.05) is 23.4 Å². The summed E-state index contributed by atoms with van der Waals surface area (Å²) in [5, 5.41) is 11.3. The van der Waals surface area contributed by atoms with Gasteiger partial charge in [0, 0.05) is 55.4 Å². The molecule has 136 valence electrons. The topological polar surface area (TPSA) is 52.5 Å². The summed E-state index contributed by atoms with van der Waals surface area (Å²) in [7, 11) is 0. The summed E-state index contributed by atoms with van der Waals surface area (Å²) >= 11 is 7.62. The smallest absolute Gasteiger partial charge is 0.123 e. The molecule has 0 saturated heterocycles. The van der Waals surface area contributed by atoms with Gasteiger partial charge in [-0.3, -0.25) is 4.98 Å². The molecule has 0 spiro atoms. The second-order valence-corrected chi connectivity index (χ2v) is 7.58. The van der Waals surface area contributed by atoms with E-state index in [2.05, 4.69) is 16.0 Å². The van der Waals surface area contributed by atoms with Gasteiger partial charge >= 0.3 is 0 Å². The Morgan fingerprint density at radius 1 is 1.18 bits per heavy atom. The number of hydrogen-bond acceptors (Lipinski definition) is 3. The summed E-state index contributed by atoms with van der Waals surface area (Å²) in [4.78, 5) is 9.18. The van der Waals surface area contributed by atoms with E-state index in [0.717, 1.165) is 31.8 Å². The number of benzene rings is 2. The molecule has 3 nitrogen and oxygen atoms in total. The predicted molar refractivity (Wildman–Crippen MR) is 112 cm³/mol. The molecule has 0 aliphatic heterocycles. The fourth-order valence-electron chi connectivity index (χ4n) is 2.87. The van der Waals surface area contributed by atoms with Crippen LogP contribution in [0.3, 0.4) is 0 Å². The SMILES string of the molecule is N#C/C(=C\c1cnccc1Sc1ccc(F)cc1)c1c[nH]c2ccc(Cl)cc12. The van der Waals surface area contributed by atoms with Gasteiger partial charge in [0.25, 0.3) is 0 Å². The molecule has 0 aliphatic rings. The van der Waals surface area contributed by atoms with E-state index in [9.17, 15) is 9.65 Å². The molecule has 0 atom stereocenters. The van der Waals surface area contributed by atoms with Crippen molar-refractivity contribution in [3.63, 3.8) is 0 Å². The molecule has 0 bridgehead atoms. The number of pyridine rings is 1. The molecule has 0 aliphatic carbocycles. The molecule has 6 heteroatoms. The van der Waals surface area contributed by atoms with Crippen molar-refractivity contribution in [1.29, 1.82) is 5.26 Å². The minimum atomic E-state index is -0.274. The first-order valence-electron chi connectivity index (χ1n) is 8.40. The standard InChI is InChI=1S/C22H13ClFN3S/c23-16-1-6-21-19(10-16)20(13-27-21)14(11-25)9-15-12-26-8-7-22(15)28-18-4-2-17(24)3-5-18/h1-10,12-13,27H/b14-9+. The Morgan fingerprint density at radius 2 is 2.00 bits per heavy atom. The van der Waals surface area contributed by atoms with Crippen LogP contribution in [0.1, 0.15) is 11.1 Å². The number of aromatic nitrogens is 2. The van der Waals surface area contributed by atoms with Gasteiger partial charge in [0.1, 0.15) is 5.82 Å². The van der Waals surface area contributed by atoms with Crippen molar-refractivity contribution in [1.82, 2.24) is 9.97 Å². The van der Waals surface area contributed by atoms with Crippen LogP contribution in [0.2, 0.25) is 5.02 Å². The number of nitrogens with one attached hydrogen (secondary N) is 1. The summed E-state index contributed by atoms with van der Waals surface area (Å²) in [6, 6.07) is 16.0. The zero-order valence-corrected chi connectivity index (χ0v) is 16.1. The van der Waals surface area contributed by atoms with Gasteiger partial charge < -0.3 is 4.98 Å². The van der Waals surface area contributed by atoms with E-state index >= 15 is 0 Å². The third-order valence-electron chi connectivity index (χ3n) is 4.21. The van der Waals surface area contributed by atoms with E-state index in [1.807, 2.05) is 24.3 Å². The van der Waals surface area contributed by atoms with E-state index in [-0.39, 0.29) is 5.82 Å². The van der Waals surface area contributed by atoms with Crippen LogP contribution in [0.5, 0.6) is 0 Å². The lowest BCUT2D eigenvalue weighted by Gasteiger charge is -2.06. The van der Waals surface area contributed by atoms with Gasteiger partial charge in [0.15, 0.2) is 0 Å². The minimum absolute atomic E-state index is 0.274. The summed E-state index contributed by atoms with van der Waals surface area (Å²) in [6.07, 6.45) is 7.02. The highest BCUT2D eigenvalue weighted by molar-refractivity contribution is 7.99. The molecule has 0 saturated carbocycles. The van der Waals surface area contributed by atoms with Crippen LogP contribution >= 0.6 is 23.4 Å². The van der Waals surface area contributed by atoms with Crippen molar-refractivity contribution in [2.75, 3.05) is 0 Å². The molecule has 4 rings (SSSR count). The highest BCUT2D eigenvalue weighted by atomic mass is 35.5. The number of nitrogens with zero attached hydrogens (tertiary/aromatic N) is 2. The summed E-state index contributed by atoms with van der Waals surface area (Å²) < 4.78 is 13.2. The highest BCUT2D eigenvalue weighted by Crippen LogP contribution is 2.33. The van der Waals surface area contributed by atoms with Crippen LogP contribution in [0, 0.1) is 17.1 Å². The lowest BCUT2D eigenvalue weighted by atomic mass is 10.0. The number of nitriles is 1. The van der Waals surface area contributed by atoms with Crippen molar-refractivity contribution in [2.24, 2.45) is 0 Å². The van der Waals surface area contributed by atoms with Crippen LogP contribution in [0.4, 0.5) is 4.39 Å².